The number of carbonyl (C=O) groups excluding carboxylic acids is 3. The smallest absolute Gasteiger partial charge is 0.331 e. The summed E-state index contributed by atoms with van der Waals surface area (Å²) in [4.78, 5) is 37.1. The first-order chi connectivity index (χ1) is 15.1. The van der Waals surface area contributed by atoms with E-state index in [1.807, 2.05) is 69.3 Å². The normalized spacial score (nSPS) is 11.5. The number of methoxy groups -OCH3 is 1. The van der Waals surface area contributed by atoms with E-state index in [4.69, 9.17) is 4.74 Å². The summed E-state index contributed by atoms with van der Waals surface area (Å²) in [5.41, 5.74) is 2.75. The lowest BCUT2D eigenvalue weighted by atomic mass is 10.1. The number of ether oxygens (including phenoxy) is 2. The first-order valence-corrected chi connectivity index (χ1v) is 10.2. The fourth-order valence-corrected chi connectivity index (χ4v) is 2.83. The largest absolute Gasteiger partial charge is 0.466 e. The zero-order valence-electron chi connectivity index (χ0n) is 19.1. The minimum Gasteiger partial charge on any atom is -0.466 e. The van der Waals surface area contributed by atoms with Crippen LogP contribution in [0.1, 0.15) is 44.4 Å². The Hall–Kier alpha value is -3.67. The number of hydrogen-bond acceptors (Lipinski definition) is 5. The highest BCUT2D eigenvalue weighted by molar-refractivity contribution is 5.92. The predicted molar refractivity (Wildman–Crippen MR) is 126 cm³/mol. The first kappa shape index (κ1) is 24.6. The van der Waals surface area contributed by atoms with Gasteiger partial charge in [0, 0.05) is 24.8 Å². The number of rotatable bonds is 7. The van der Waals surface area contributed by atoms with E-state index in [0.717, 1.165) is 22.4 Å². The van der Waals surface area contributed by atoms with Gasteiger partial charge in [-0.3, -0.25) is 4.79 Å². The van der Waals surface area contributed by atoms with Crippen LogP contribution in [0.2, 0.25) is 0 Å². The molecular formula is C26H29NO5. The lowest BCUT2D eigenvalue weighted by Crippen LogP contribution is -2.27. The van der Waals surface area contributed by atoms with E-state index in [2.05, 4.69) is 4.74 Å². The van der Waals surface area contributed by atoms with Crippen LogP contribution in [0, 0.1) is 0 Å². The summed E-state index contributed by atoms with van der Waals surface area (Å²) in [5.74, 6) is -0.946. The van der Waals surface area contributed by atoms with Crippen molar-refractivity contribution in [3.05, 3.63) is 77.4 Å². The van der Waals surface area contributed by atoms with Gasteiger partial charge in [-0.25, -0.2) is 9.59 Å². The van der Waals surface area contributed by atoms with Gasteiger partial charge in [0.05, 0.1) is 13.7 Å². The van der Waals surface area contributed by atoms with E-state index in [-0.39, 0.29) is 5.91 Å². The highest BCUT2D eigenvalue weighted by Gasteiger charge is 2.14. The van der Waals surface area contributed by atoms with Gasteiger partial charge in [-0.1, -0.05) is 36.4 Å². The van der Waals surface area contributed by atoms with Gasteiger partial charge in [0.25, 0.3) is 0 Å². The molecule has 0 unspecified atom stereocenters. The van der Waals surface area contributed by atoms with Crippen molar-refractivity contribution in [2.45, 2.75) is 39.8 Å². The lowest BCUT2D eigenvalue weighted by Gasteiger charge is -2.22. The van der Waals surface area contributed by atoms with Gasteiger partial charge < -0.3 is 14.4 Å². The lowest BCUT2D eigenvalue weighted by molar-refractivity contribution is -0.148. The van der Waals surface area contributed by atoms with Crippen LogP contribution in [-0.4, -0.2) is 30.6 Å². The Morgan fingerprint density at radius 1 is 0.906 bits per heavy atom. The maximum Gasteiger partial charge on any atom is 0.331 e. The third-order valence-electron chi connectivity index (χ3n) is 4.31. The zero-order valence-corrected chi connectivity index (χ0v) is 19.1. The van der Waals surface area contributed by atoms with Crippen molar-refractivity contribution in [1.82, 2.24) is 0 Å². The maximum absolute atomic E-state index is 12.3. The summed E-state index contributed by atoms with van der Waals surface area (Å²) in [7, 11) is 1.32. The van der Waals surface area contributed by atoms with Crippen LogP contribution >= 0.6 is 0 Å². The molecule has 2 aromatic carbocycles. The van der Waals surface area contributed by atoms with Gasteiger partial charge in [-0.05, 0) is 61.7 Å². The van der Waals surface area contributed by atoms with Gasteiger partial charge >= 0.3 is 11.9 Å². The van der Waals surface area contributed by atoms with Crippen LogP contribution in [0.15, 0.2) is 60.7 Å². The van der Waals surface area contributed by atoms with E-state index in [0.29, 0.717) is 6.54 Å². The Bertz CT molecular complexity index is 1010. The molecule has 0 saturated carbocycles. The van der Waals surface area contributed by atoms with Crippen molar-refractivity contribution in [2.24, 2.45) is 0 Å². The average Bonchev–Trinajstić information content (AvgIpc) is 2.74. The van der Waals surface area contributed by atoms with Crippen LogP contribution in [0.5, 0.6) is 0 Å². The number of nitrogens with zero attached hydrogens (tertiary/aromatic N) is 1. The Balaban J connectivity index is 2.12. The molecular weight excluding hydrogens is 406 g/mol. The van der Waals surface area contributed by atoms with Gasteiger partial charge in [-0.15, -0.1) is 0 Å². The summed E-state index contributed by atoms with van der Waals surface area (Å²) in [6, 6.07) is 14.9. The molecule has 2 aromatic rings. The number of hydrogen-bond donors (Lipinski definition) is 0. The molecule has 0 heterocycles. The van der Waals surface area contributed by atoms with Gasteiger partial charge in [-0.2, -0.15) is 0 Å². The fraction of sp³-hybridized carbons (Fsp3) is 0.269. The Morgan fingerprint density at radius 3 is 2.12 bits per heavy atom. The topological polar surface area (TPSA) is 72.9 Å². The number of carbonyl (C=O) groups is 3. The number of esters is 2. The zero-order chi connectivity index (χ0) is 23.7. The molecule has 0 aliphatic rings. The summed E-state index contributed by atoms with van der Waals surface area (Å²) in [6.45, 7) is 7.35. The van der Waals surface area contributed by atoms with Crippen molar-refractivity contribution in [1.29, 1.82) is 0 Å². The molecule has 6 heteroatoms. The van der Waals surface area contributed by atoms with E-state index in [9.17, 15) is 14.4 Å². The second-order valence-corrected chi connectivity index (χ2v) is 8.17. The molecule has 0 atom stereocenters. The third-order valence-corrected chi connectivity index (χ3v) is 4.31. The molecule has 6 nitrogen and oxygen atoms in total. The summed E-state index contributed by atoms with van der Waals surface area (Å²) >= 11 is 0. The van der Waals surface area contributed by atoms with Crippen molar-refractivity contribution in [3.63, 3.8) is 0 Å². The molecule has 0 aliphatic carbocycles. The molecule has 0 bridgehead atoms. The third kappa shape index (κ3) is 8.22. The second kappa shape index (κ2) is 11.1. The minimum atomic E-state index is -0.534. The van der Waals surface area contributed by atoms with Crippen LogP contribution in [0.4, 0.5) is 5.69 Å². The summed E-state index contributed by atoms with van der Waals surface area (Å²) < 4.78 is 9.86. The Morgan fingerprint density at radius 2 is 1.53 bits per heavy atom. The van der Waals surface area contributed by atoms with Crippen LogP contribution in [-0.2, 0) is 30.4 Å². The maximum atomic E-state index is 12.3. The van der Waals surface area contributed by atoms with E-state index < -0.39 is 17.5 Å². The SMILES string of the molecule is COC(=O)/C=C/c1cccc(N(Cc2ccc(/C=C/C(=O)OC(C)(C)C)cc2)C(C)=O)c1. The van der Waals surface area contributed by atoms with Crippen molar-refractivity contribution >= 4 is 35.7 Å². The minimum absolute atomic E-state index is 0.104. The molecule has 168 valence electrons. The van der Waals surface area contributed by atoms with Crippen LogP contribution in [0.3, 0.4) is 0 Å². The number of benzene rings is 2. The van der Waals surface area contributed by atoms with Crippen molar-refractivity contribution in [2.75, 3.05) is 12.0 Å². The monoisotopic (exact) mass is 435 g/mol. The molecule has 0 radical (unpaired) electrons. The number of amides is 1. The quantitative estimate of drug-likeness (QED) is 0.462. The molecule has 32 heavy (non-hydrogen) atoms. The molecule has 0 fully saturated rings. The Kier molecular flexibility index (Phi) is 8.53. The summed E-state index contributed by atoms with van der Waals surface area (Å²) in [5, 5.41) is 0. The fourth-order valence-electron chi connectivity index (χ4n) is 2.83. The van der Waals surface area contributed by atoms with Crippen molar-refractivity contribution in [3.8, 4) is 0 Å². The highest BCUT2D eigenvalue weighted by atomic mass is 16.6. The molecule has 0 aliphatic heterocycles. The standard InChI is InChI=1S/C26H29NO5/c1-19(28)27(23-8-6-7-21(17-23)14-15-24(29)31-5)18-22-11-9-20(10-12-22)13-16-25(30)32-26(2,3)4/h6-17H,18H2,1-5H3/b15-14+,16-13+. The molecule has 2 rings (SSSR count). The molecule has 0 N–H and O–H groups in total. The molecule has 0 saturated heterocycles. The second-order valence-electron chi connectivity index (χ2n) is 8.17. The van der Waals surface area contributed by atoms with E-state index >= 15 is 0 Å². The molecule has 0 spiro atoms. The average molecular weight is 436 g/mol. The van der Waals surface area contributed by atoms with Gasteiger partial charge in [0.15, 0.2) is 0 Å². The first-order valence-electron chi connectivity index (χ1n) is 10.2. The van der Waals surface area contributed by atoms with Crippen LogP contribution < -0.4 is 4.90 Å². The van der Waals surface area contributed by atoms with Crippen molar-refractivity contribution < 1.29 is 23.9 Å². The Labute approximate surface area is 189 Å². The molecule has 1 amide bonds. The molecule has 0 aromatic heterocycles. The van der Waals surface area contributed by atoms with E-state index in [1.165, 1.54) is 26.2 Å². The van der Waals surface area contributed by atoms with Gasteiger partial charge in [0.1, 0.15) is 5.60 Å². The predicted octanol–water partition coefficient (Wildman–Crippen LogP) is 4.78. The van der Waals surface area contributed by atoms with E-state index in [1.54, 1.807) is 17.1 Å². The highest BCUT2D eigenvalue weighted by Crippen LogP contribution is 2.21. The van der Waals surface area contributed by atoms with Crippen LogP contribution in [0.25, 0.3) is 12.2 Å². The number of anilines is 1. The van der Waals surface area contributed by atoms with Gasteiger partial charge in [0.2, 0.25) is 5.91 Å². The summed E-state index contributed by atoms with van der Waals surface area (Å²) in [6.07, 6.45) is 6.06.